The van der Waals surface area contributed by atoms with Gasteiger partial charge in [-0.1, -0.05) is 70.5 Å². The van der Waals surface area contributed by atoms with Gasteiger partial charge in [0, 0.05) is 23.5 Å². The Balaban J connectivity index is 0.000000267. The zero-order chi connectivity index (χ0) is 23.9. The molecule has 184 valence electrons. The summed E-state index contributed by atoms with van der Waals surface area (Å²) in [7, 11) is 0. The van der Waals surface area contributed by atoms with E-state index in [1.165, 1.54) is 44.9 Å². The predicted octanol–water partition coefficient (Wildman–Crippen LogP) is 7.47. The molecule has 0 bridgehead atoms. The topological polar surface area (TPSA) is 56.3 Å². The van der Waals surface area contributed by atoms with Gasteiger partial charge in [-0.25, -0.2) is 4.98 Å². The maximum absolute atomic E-state index is 6.30. The number of nitrogens with zero attached hydrogens (tertiary/aromatic N) is 2. The van der Waals surface area contributed by atoms with Gasteiger partial charge in [-0.15, -0.1) is 0 Å². The lowest BCUT2D eigenvalue weighted by Gasteiger charge is -2.23. The second-order valence-corrected chi connectivity index (χ2v) is 9.16. The number of halogens is 1. The van der Waals surface area contributed by atoms with Crippen molar-refractivity contribution in [1.82, 2.24) is 9.97 Å². The molecule has 1 aliphatic carbocycles. The van der Waals surface area contributed by atoms with Crippen molar-refractivity contribution < 1.29 is 9.47 Å². The van der Waals surface area contributed by atoms with Crippen molar-refractivity contribution in [2.24, 2.45) is 0 Å². The average Bonchev–Trinajstić information content (AvgIpc) is 2.83. The van der Waals surface area contributed by atoms with Gasteiger partial charge in [0.2, 0.25) is 0 Å². The fourth-order valence-electron chi connectivity index (χ4n) is 3.89. The molecule has 1 N–H and O–H groups in total. The Kier molecular flexibility index (Phi) is 13.4. The van der Waals surface area contributed by atoms with Gasteiger partial charge in [-0.2, -0.15) is 0 Å². The van der Waals surface area contributed by atoms with Crippen LogP contribution in [0.5, 0.6) is 0 Å². The van der Waals surface area contributed by atoms with E-state index in [0.717, 1.165) is 49.0 Å². The summed E-state index contributed by atoms with van der Waals surface area (Å²) in [6, 6.07) is 8.52. The standard InChI is InChI=1S/C17H20ClN3.C7H14O2.C3H8/c1-12-6-5-9-16(20-12)14-10-17(19-11-15(14)18)21-13-7-3-2-4-8-13;1-2-3-7-6-8-4-5-9-7;1-3-2/h5-6,9-11,13H,2-4,7-8H2,1H3,(H,19,21);7H,2-6H2,1H3;3H2,1-2H3. The maximum Gasteiger partial charge on any atom is 0.126 e. The molecular weight excluding hydrogens is 434 g/mol. The van der Waals surface area contributed by atoms with Crippen molar-refractivity contribution in [3.8, 4) is 11.3 Å². The first-order chi connectivity index (χ1) is 16.1. The zero-order valence-corrected chi connectivity index (χ0v) is 21.7. The third kappa shape index (κ3) is 10.4. The van der Waals surface area contributed by atoms with Gasteiger partial charge in [0.25, 0.3) is 0 Å². The molecule has 0 amide bonds. The summed E-state index contributed by atoms with van der Waals surface area (Å²) in [6.45, 7) is 10.8. The van der Waals surface area contributed by atoms with Crippen LogP contribution in [0.2, 0.25) is 5.02 Å². The lowest BCUT2D eigenvalue weighted by molar-refractivity contribution is -0.0906. The Labute approximate surface area is 205 Å². The molecule has 0 aromatic carbocycles. The van der Waals surface area contributed by atoms with Gasteiger partial charge in [0.1, 0.15) is 5.82 Å². The molecule has 3 heterocycles. The van der Waals surface area contributed by atoms with Crippen LogP contribution in [0.1, 0.15) is 77.8 Å². The molecule has 2 aliphatic rings. The van der Waals surface area contributed by atoms with E-state index in [4.69, 9.17) is 21.1 Å². The summed E-state index contributed by atoms with van der Waals surface area (Å²) in [5.74, 6) is 0.893. The summed E-state index contributed by atoms with van der Waals surface area (Å²) in [5, 5.41) is 4.18. The number of nitrogens with one attached hydrogen (secondary N) is 1. The molecule has 2 aromatic heterocycles. The van der Waals surface area contributed by atoms with Crippen molar-refractivity contribution >= 4 is 17.4 Å². The van der Waals surface area contributed by atoms with E-state index in [2.05, 4.69) is 36.1 Å². The highest BCUT2D eigenvalue weighted by Gasteiger charge is 2.15. The third-order valence-corrected chi connectivity index (χ3v) is 5.77. The van der Waals surface area contributed by atoms with Crippen molar-refractivity contribution in [3.05, 3.63) is 41.2 Å². The predicted molar refractivity (Wildman–Crippen MR) is 139 cm³/mol. The molecule has 2 aromatic rings. The van der Waals surface area contributed by atoms with Crippen LogP contribution in [-0.4, -0.2) is 41.9 Å². The van der Waals surface area contributed by atoms with Crippen molar-refractivity contribution in [2.75, 3.05) is 25.1 Å². The molecule has 1 saturated heterocycles. The summed E-state index contributed by atoms with van der Waals surface area (Å²) >= 11 is 6.30. The van der Waals surface area contributed by atoms with E-state index in [-0.39, 0.29) is 0 Å². The smallest absolute Gasteiger partial charge is 0.126 e. The van der Waals surface area contributed by atoms with Gasteiger partial charge < -0.3 is 14.8 Å². The Hall–Kier alpha value is -1.69. The second kappa shape index (κ2) is 16.0. The van der Waals surface area contributed by atoms with E-state index in [1.807, 2.05) is 31.2 Å². The van der Waals surface area contributed by atoms with Crippen LogP contribution < -0.4 is 5.32 Å². The maximum atomic E-state index is 6.30. The number of hydrogen-bond donors (Lipinski definition) is 1. The molecule has 1 saturated carbocycles. The lowest BCUT2D eigenvalue weighted by atomic mass is 9.95. The van der Waals surface area contributed by atoms with Crippen LogP contribution >= 0.6 is 11.6 Å². The van der Waals surface area contributed by atoms with Crippen LogP contribution in [0.25, 0.3) is 11.3 Å². The van der Waals surface area contributed by atoms with E-state index in [1.54, 1.807) is 6.20 Å². The average molecular weight is 476 g/mol. The van der Waals surface area contributed by atoms with Gasteiger partial charge >= 0.3 is 0 Å². The van der Waals surface area contributed by atoms with Gasteiger partial charge in [0.05, 0.1) is 36.6 Å². The number of ether oxygens (including phenoxy) is 2. The fraction of sp³-hybridized carbons (Fsp3) is 0.630. The number of hydrogen-bond acceptors (Lipinski definition) is 5. The molecule has 0 radical (unpaired) electrons. The Morgan fingerprint density at radius 2 is 1.85 bits per heavy atom. The van der Waals surface area contributed by atoms with Gasteiger partial charge in [-0.3, -0.25) is 4.98 Å². The molecule has 1 atom stereocenters. The molecule has 1 aliphatic heterocycles. The van der Waals surface area contributed by atoms with E-state index >= 15 is 0 Å². The molecule has 1 unspecified atom stereocenters. The van der Waals surface area contributed by atoms with Crippen LogP contribution in [0, 0.1) is 6.92 Å². The molecule has 4 rings (SSSR count). The van der Waals surface area contributed by atoms with E-state index < -0.39 is 0 Å². The highest BCUT2D eigenvalue weighted by Crippen LogP contribution is 2.29. The summed E-state index contributed by atoms with van der Waals surface area (Å²) in [5.41, 5.74) is 2.82. The van der Waals surface area contributed by atoms with Crippen LogP contribution in [0.3, 0.4) is 0 Å². The molecule has 33 heavy (non-hydrogen) atoms. The minimum Gasteiger partial charge on any atom is -0.376 e. The monoisotopic (exact) mass is 475 g/mol. The number of rotatable bonds is 5. The summed E-state index contributed by atoms with van der Waals surface area (Å²) in [6.07, 6.45) is 12.1. The third-order valence-electron chi connectivity index (χ3n) is 5.47. The first-order valence-corrected chi connectivity index (χ1v) is 13.0. The lowest BCUT2D eigenvalue weighted by Crippen LogP contribution is -2.28. The first kappa shape index (κ1) is 27.6. The molecule has 5 nitrogen and oxygen atoms in total. The fourth-order valence-corrected chi connectivity index (χ4v) is 4.09. The minimum atomic E-state index is 0.378. The molecule has 0 spiro atoms. The molecule has 6 heteroatoms. The normalized spacial score (nSPS) is 18.4. The Morgan fingerprint density at radius 1 is 1.09 bits per heavy atom. The van der Waals surface area contributed by atoms with Crippen molar-refractivity contribution in [3.63, 3.8) is 0 Å². The number of pyridine rings is 2. The van der Waals surface area contributed by atoms with Gasteiger partial charge in [-0.05, 0) is 44.4 Å². The van der Waals surface area contributed by atoms with Crippen molar-refractivity contribution in [1.29, 1.82) is 0 Å². The number of aryl methyl sites for hydroxylation is 1. The highest BCUT2D eigenvalue weighted by molar-refractivity contribution is 6.33. The largest absolute Gasteiger partial charge is 0.376 e. The summed E-state index contributed by atoms with van der Waals surface area (Å²) in [4.78, 5) is 8.96. The van der Waals surface area contributed by atoms with Crippen LogP contribution in [0.4, 0.5) is 5.82 Å². The second-order valence-electron chi connectivity index (χ2n) is 8.76. The zero-order valence-electron chi connectivity index (χ0n) is 20.9. The van der Waals surface area contributed by atoms with Gasteiger partial charge in [0.15, 0.2) is 0 Å². The summed E-state index contributed by atoms with van der Waals surface area (Å²) < 4.78 is 10.6. The first-order valence-electron chi connectivity index (χ1n) is 12.6. The Bertz CT molecular complexity index is 788. The highest BCUT2D eigenvalue weighted by atomic mass is 35.5. The number of anilines is 1. The Morgan fingerprint density at radius 3 is 2.48 bits per heavy atom. The number of aromatic nitrogens is 2. The van der Waals surface area contributed by atoms with E-state index in [0.29, 0.717) is 17.2 Å². The molecule has 2 fully saturated rings. The van der Waals surface area contributed by atoms with Crippen LogP contribution in [0.15, 0.2) is 30.5 Å². The SMILES string of the molecule is CCC.CCCC1COCCO1.Cc1cccc(-c2cc(NC3CCCCC3)ncc2Cl)n1. The van der Waals surface area contributed by atoms with Crippen LogP contribution in [-0.2, 0) is 9.47 Å². The van der Waals surface area contributed by atoms with Crippen molar-refractivity contribution in [2.45, 2.75) is 91.2 Å². The quantitative estimate of drug-likeness (QED) is 0.486. The molecular formula is C27H42ClN3O2. The van der Waals surface area contributed by atoms with E-state index in [9.17, 15) is 0 Å². The minimum absolute atomic E-state index is 0.378.